The van der Waals surface area contributed by atoms with E-state index in [1.54, 1.807) is 16.3 Å². The van der Waals surface area contributed by atoms with E-state index in [9.17, 15) is 18.0 Å². The van der Waals surface area contributed by atoms with Gasteiger partial charge >= 0.3 is 6.09 Å². The number of rotatable bonds is 6. The molecule has 0 bridgehead atoms. The molecule has 12 heteroatoms. The predicted octanol–water partition coefficient (Wildman–Crippen LogP) is 3.64. The topological polar surface area (TPSA) is 132 Å². The number of halogens is 1. The van der Waals surface area contributed by atoms with Gasteiger partial charge in [0.15, 0.2) is 5.01 Å². The number of carbonyl (C=O) groups excluding carboxylic acids is 2. The molecule has 1 aromatic heterocycles. The van der Waals surface area contributed by atoms with Gasteiger partial charge in [0.2, 0.25) is 10.0 Å². The minimum Gasteiger partial charge on any atom is -0.445 e. The third-order valence-electron chi connectivity index (χ3n) is 5.53. The van der Waals surface area contributed by atoms with Gasteiger partial charge in [-0.25, -0.2) is 23.3 Å². The highest BCUT2D eigenvalue weighted by Gasteiger charge is 2.26. The normalized spacial score (nSPS) is 14.5. The first kappa shape index (κ1) is 25.1. The Labute approximate surface area is 211 Å². The van der Waals surface area contributed by atoms with Crippen LogP contribution < -0.4 is 10.5 Å². The molecule has 1 saturated heterocycles. The number of thiazole rings is 1. The molecule has 2 amide bonds. The number of ether oxygens (including phenoxy) is 1. The summed E-state index contributed by atoms with van der Waals surface area (Å²) in [7, 11) is -3.99. The molecule has 1 aliphatic heterocycles. The fourth-order valence-electron chi connectivity index (χ4n) is 3.66. The average Bonchev–Trinajstić information content (AvgIpc) is 3.34. The Balaban J connectivity index is 1.30. The zero-order valence-corrected chi connectivity index (χ0v) is 20.9. The second-order valence-corrected chi connectivity index (χ2v) is 10.8. The van der Waals surface area contributed by atoms with Crippen molar-refractivity contribution in [2.24, 2.45) is 5.14 Å². The molecule has 0 saturated carbocycles. The van der Waals surface area contributed by atoms with E-state index in [2.05, 4.69) is 10.3 Å². The Morgan fingerprint density at radius 2 is 1.89 bits per heavy atom. The first-order valence-electron chi connectivity index (χ1n) is 10.8. The van der Waals surface area contributed by atoms with Crippen LogP contribution in [0.5, 0.6) is 0 Å². The van der Waals surface area contributed by atoms with Crippen molar-refractivity contribution in [2.45, 2.75) is 30.4 Å². The van der Waals surface area contributed by atoms with Crippen molar-refractivity contribution in [3.05, 3.63) is 69.5 Å². The van der Waals surface area contributed by atoms with Gasteiger partial charge in [-0.3, -0.25) is 4.79 Å². The number of primary sulfonamides is 1. The van der Waals surface area contributed by atoms with Crippen molar-refractivity contribution in [1.82, 2.24) is 15.2 Å². The number of benzene rings is 2. The number of nitrogens with two attached hydrogens (primary N) is 1. The molecular formula is C23H23ClN4O5S2. The summed E-state index contributed by atoms with van der Waals surface area (Å²) in [6.07, 6.45) is 0.823. The van der Waals surface area contributed by atoms with Gasteiger partial charge in [0, 0.05) is 30.1 Å². The zero-order chi connectivity index (χ0) is 25.0. The van der Waals surface area contributed by atoms with Crippen LogP contribution >= 0.6 is 22.9 Å². The van der Waals surface area contributed by atoms with Crippen LogP contribution in [0.1, 0.15) is 28.2 Å². The predicted molar refractivity (Wildman–Crippen MR) is 133 cm³/mol. The number of piperidine rings is 1. The van der Waals surface area contributed by atoms with Crippen LogP contribution in [0, 0.1) is 0 Å². The number of aromatic nitrogens is 1. The molecule has 9 nitrogen and oxygen atoms in total. The Morgan fingerprint density at radius 3 is 2.57 bits per heavy atom. The average molecular weight is 535 g/mol. The molecule has 35 heavy (non-hydrogen) atoms. The molecule has 0 aliphatic carbocycles. The second-order valence-electron chi connectivity index (χ2n) is 8.00. The summed E-state index contributed by atoms with van der Waals surface area (Å²) in [6.45, 7) is 1.17. The number of carbonyl (C=O) groups is 2. The Bertz CT molecular complexity index is 1320. The number of likely N-dealkylation sites (tertiary alicyclic amines) is 1. The molecule has 1 fully saturated rings. The van der Waals surface area contributed by atoms with E-state index in [1.807, 2.05) is 30.3 Å². The van der Waals surface area contributed by atoms with Crippen LogP contribution in [-0.4, -0.2) is 49.4 Å². The van der Waals surface area contributed by atoms with Crippen molar-refractivity contribution < 1.29 is 22.7 Å². The highest BCUT2D eigenvalue weighted by Crippen LogP contribution is 2.28. The number of hydrogen-bond acceptors (Lipinski definition) is 7. The molecular weight excluding hydrogens is 512 g/mol. The summed E-state index contributed by atoms with van der Waals surface area (Å²) in [4.78, 5) is 30.8. The molecule has 2 heterocycles. The Morgan fingerprint density at radius 1 is 1.17 bits per heavy atom. The van der Waals surface area contributed by atoms with E-state index in [0.717, 1.165) is 16.9 Å². The van der Waals surface area contributed by atoms with Gasteiger partial charge in [-0.1, -0.05) is 48.0 Å². The smallest absolute Gasteiger partial charge is 0.410 e. The summed E-state index contributed by atoms with van der Waals surface area (Å²) in [5, 5.41) is 10.1. The summed E-state index contributed by atoms with van der Waals surface area (Å²) in [5.41, 5.74) is 1.85. The molecule has 3 aromatic rings. The highest BCUT2D eigenvalue weighted by molar-refractivity contribution is 7.89. The zero-order valence-electron chi connectivity index (χ0n) is 18.5. The van der Waals surface area contributed by atoms with Gasteiger partial charge in [-0.15, -0.1) is 11.3 Å². The van der Waals surface area contributed by atoms with Crippen molar-refractivity contribution in [1.29, 1.82) is 0 Å². The van der Waals surface area contributed by atoms with E-state index in [0.29, 0.717) is 37.2 Å². The number of nitrogens with zero attached hydrogens (tertiary/aromatic N) is 2. The SMILES string of the molecule is NS(=O)(=O)c1cc(-c2csc(C(=O)NC3CCN(C(=O)OCc4ccccc4)CC3)n2)ccc1Cl. The quantitative estimate of drug-likeness (QED) is 0.496. The molecule has 4 rings (SSSR count). The van der Waals surface area contributed by atoms with E-state index < -0.39 is 10.0 Å². The lowest BCUT2D eigenvalue weighted by atomic mass is 10.1. The third-order valence-corrected chi connectivity index (χ3v) is 7.76. The minimum atomic E-state index is -3.99. The first-order valence-corrected chi connectivity index (χ1v) is 13.6. The molecule has 0 atom stereocenters. The van der Waals surface area contributed by atoms with E-state index in [1.165, 1.54) is 12.1 Å². The minimum absolute atomic E-state index is 0.0136. The fraction of sp³-hybridized carbons (Fsp3) is 0.261. The van der Waals surface area contributed by atoms with E-state index in [-0.39, 0.29) is 39.6 Å². The third kappa shape index (κ3) is 6.37. The molecule has 1 aliphatic rings. The van der Waals surface area contributed by atoms with E-state index >= 15 is 0 Å². The maximum atomic E-state index is 12.7. The van der Waals surface area contributed by atoms with Gasteiger partial charge in [0.1, 0.15) is 11.5 Å². The van der Waals surface area contributed by atoms with Gasteiger partial charge < -0.3 is 15.0 Å². The van der Waals surface area contributed by atoms with Crippen LogP contribution in [0.15, 0.2) is 58.8 Å². The van der Waals surface area contributed by atoms with Crippen molar-refractivity contribution in [2.75, 3.05) is 13.1 Å². The Hall–Kier alpha value is -2.99. The maximum Gasteiger partial charge on any atom is 0.410 e. The first-order chi connectivity index (χ1) is 16.7. The lowest BCUT2D eigenvalue weighted by molar-refractivity contribution is 0.0809. The van der Waals surface area contributed by atoms with Crippen molar-refractivity contribution in [3.8, 4) is 11.3 Å². The van der Waals surface area contributed by atoms with Crippen molar-refractivity contribution >= 4 is 45.0 Å². The number of amides is 2. The number of sulfonamides is 1. The van der Waals surface area contributed by atoms with E-state index in [4.69, 9.17) is 21.5 Å². The Kier molecular flexibility index (Phi) is 7.70. The summed E-state index contributed by atoms with van der Waals surface area (Å²) < 4.78 is 28.8. The van der Waals surface area contributed by atoms with Gasteiger partial charge in [0.05, 0.1) is 10.7 Å². The largest absolute Gasteiger partial charge is 0.445 e. The van der Waals surface area contributed by atoms with Crippen LogP contribution in [0.3, 0.4) is 0 Å². The maximum absolute atomic E-state index is 12.7. The van der Waals surface area contributed by atoms with Crippen LogP contribution in [0.2, 0.25) is 5.02 Å². The molecule has 3 N–H and O–H groups in total. The molecule has 0 unspecified atom stereocenters. The monoisotopic (exact) mass is 534 g/mol. The summed E-state index contributed by atoms with van der Waals surface area (Å²) in [5.74, 6) is -0.327. The molecule has 0 radical (unpaired) electrons. The van der Waals surface area contributed by atoms with Crippen molar-refractivity contribution in [3.63, 3.8) is 0 Å². The standard InChI is InChI=1S/C23H23ClN4O5S2/c24-18-7-6-16(12-20(18)35(25,31)32)19-14-34-22(27-19)21(29)26-17-8-10-28(11-9-17)23(30)33-13-15-4-2-1-3-5-15/h1-7,12,14,17H,8-11,13H2,(H,26,29)(H2,25,31,32). The fourth-order valence-corrected chi connectivity index (χ4v) is 5.46. The van der Waals surface area contributed by atoms with Gasteiger partial charge in [0.25, 0.3) is 5.91 Å². The summed E-state index contributed by atoms with van der Waals surface area (Å²) in [6, 6.07) is 13.7. The lowest BCUT2D eigenvalue weighted by Gasteiger charge is -2.31. The number of hydrogen-bond donors (Lipinski definition) is 2. The number of nitrogens with one attached hydrogen (secondary N) is 1. The second kappa shape index (κ2) is 10.7. The van der Waals surface area contributed by atoms with Gasteiger partial charge in [-0.2, -0.15) is 0 Å². The van der Waals surface area contributed by atoms with Crippen LogP contribution in [0.25, 0.3) is 11.3 Å². The summed E-state index contributed by atoms with van der Waals surface area (Å²) >= 11 is 7.08. The van der Waals surface area contributed by atoms with Crippen LogP contribution in [-0.2, 0) is 21.4 Å². The van der Waals surface area contributed by atoms with Gasteiger partial charge in [-0.05, 0) is 30.5 Å². The molecule has 2 aromatic carbocycles. The molecule has 0 spiro atoms. The lowest BCUT2D eigenvalue weighted by Crippen LogP contribution is -2.46. The van der Waals surface area contributed by atoms with Crippen LogP contribution in [0.4, 0.5) is 4.79 Å². The molecule has 184 valence electrons. The highest BCUT2D eigenvalue weighted by atomic mass is 35.5.